The number of rotatable bonds is 3. The van der Waals surface area contributed by atoms with Crippen molar-refractivity contribution in [1.29, 1.82) is 0 Å². The van der Waals surface area contributed by atoms with Gasteiger partial charge in [0, 0.05) is 19.8 Å². The Morgan fingerprint density at radius 1 is 1.21 bits per heavy atom. The second kappa shape index (κ2) is 4.30. The summed E-state index contributed by atoms with van der Waals surface area (Å²) in [5, 5.41) is 18.2. The molecule has 0 radical (unpaired) electrons. The first-order chi connectivity index (χ1) is 6.56. The average molecular weight is 196 g/mol. The third-order valence-electron chi connectivity index (χ3n) is 2.18. The molecule has 1 rings (SSSR count). The Morgan fingerprint density at radius 3 is 2.29 bits per heavy atom. The van der Waals surface area contributed by atoms with E-state index in [2.05, 4.69) is 0 Å². The van der Waals surface area contributed by atoms with Crippen LogP contribution >= 0.6 is 0 Å². The summed E-state index contributed by atoms with van der Waals surface area (Å²) >= 11 is 0. The summed E-state index contributed by atoms with van der Waals surface area (Å²) in [6.07, 6.45) is 0.765. The minimum atomic E-state index is 0.172. The second-order valence-corrected chi connectivity index (χ2v) is 3.35. The predicted molar refractivity (Wildman–Crippen MR) is 56.2 cm³/mol. The molecule has 0 saturated carbocycles. The molecule has 14 heavy (non-hydrogen) atoms. The summed E-state index contributed by atoms with van der Waals surface area (Å²) in [6, 6.07) is 5.58. The van der Waals surface area contributed by atoms with Crippen LogP contribution < -0.4 is 10.1 Å². The Balaban J connectivity index is 3.14. The van der Waals surface area contributed by atoms with Gasteiger partial charge in [-0.05, 0) is 24.1 Å². The first kappa shape index (κ1) is 10.8. The van der Waals surface area contributed by atoms with Crippen molar-refractivity contribution in [2.24, 2.45) is 0 Å². The molecule has 4 nitrogen and oxygen atoms in total. The zero-order chi connectivity index (χ0) is 10.7. The fourth-order valence-corrected chi connectivity index (χ4v) is 1.32. The van der Waals surface area contributed by atoms with Gasteiger partial charge in [-0.25, -0.2) is 0 Å². The lowest BCUT2D eigenvalue weighted by Gasteiger charge is -2.18. The maximum Gasteiger partial charge on any atom is 0.0995 e. The monoisotopic (exact) mass is 196 g/mol. The van der Waals surface area contributed by atoms with Crippen molar-refractivity contribution >= 4 is 11.4 Å². The molecule has 0 heterocycles. The van der Waals surface area contributed by atoms with Crippen molar-refractivity contribution in [3.63, 3.8) is 0 Å². The molecule has 0 unspecified atom stereocenters. The topological polar surface area (TPSA) is 46.9 Å². The van der Waals surface area contributed by atoms with E-state index in [0.717, 1.165) is 17.7 Å². The van der Waals surface area contributed by atoms with Gasteiger partial charge in [0.1, 0.15) is 0 Å². The van der Waals surface area contributed by atoms with Gasteiger partial charge in [-0.1, -0.05) is 13.0 Å². The molecular weight excluding hydrogens is 180 g/mol. The van der Waals surface area contributed by atoms with E-state index in [4.69, 9.17) is 10.4 Å². The highest BCUT2D eigenvalue weighted by Gasteiger charge is 2.07. The minimum Gasteiger partial charge on any atom is -0.378 e. The van der Waals surface area contributed by atoms with Crippen LogP contribution in [-0.4, -0.2) is 24.5 Å². The Morgan fingerprint density at radius 2 is 1.86 bits per heavy atom. The fraction of sp³-hybridized carbons (Fsp3) is 0.400. The molecule has 0 spiro atoms. The lowest BCUT2D eigenvalue weighted by molar-refractivity contribution is 0.0287. The van der Waals surface area contributed by atoms with E-state index < -0.39 is 0 Å². The molecule has 78 valence electrons. The number of hydrogen-bond acceptors (Lipinski definition) is 4. The van der Waals surface area contributed by atoms with Crippen LogP contribution in [-0.2, 0) is 6.42 Å². The Hall–Kier alpha value is -1.26. The molecule has 0 bridgehead atoms. The van der Waals surface area contributed by atoms with Crippen LogP contribution in [0.1, 0.15) is 12.5 Å². The van der Waals surface area contributed by atoms with Gasteiger partial charge in [-0.2, -0.15) is 0 Å². The van der Waals surface area contributed by atoms with Crippen molar-refractivity contribution in [2.45, 2.75) is 13.3 Å². The van der Waals surface area contributed by atoms with Crippen LogP contribution in [0, 0.1) is 0 Å². The molecule has 0 saturated heterocycles. The van der Waals surface area contributed by atoms with E-state index >= 15 is 0 Å². The van der Waals surface area contributed by atoms with Crippen LogP contribution in [0.25, 0.3) is 0 Å². The summed E-state index contributed by atoms with van der Waals surface area (Å²) in [5.41, 5.74) is 2.27. The molecule has 0 amide bonds. The van der Waals surface area contributed by atoms with E-state index in [-0.39, 0.29) is 5.23 Å². The standard InChI is InChI=1S/C10H16N2O2/c1-4-8-5-6-9(11(2)3)7-10(8)12(13)14/h5-7,13-14H,4H2,1-3H3. The van der Waals surface area contributed by atoms with Gasteiger partial charge >= 0.3 is 0 Å². The highest BCUT2D eigenvalue weighted by molar-refractivity contribution is 5.61. The SMILES string of the molecule is CCc1ccc(N(C)C)cc1N(O)O. The quantitative estimate of drug-likeness (QED) is 0.725. The molecular formula is C10H16N2O2. The number of anilines is 2. The summed E-state index contributed by atoms with van der Waals surface area (Å²) in [5.74, 6) is 0. The number of aryl methyl sites for hydroxylation is 1. The molecule has 0 fully saturated rings. The van der Waals surface area contributed by atoms with Crippen LogP contribution in [0.3, 0.4) is 0 Å². The van der Waals surface area contributed by atoms with E-state index in [9.17, 15) is 0 Å². The van der Waals surface area contributed by atoms with Gasteiger partial charge in [0.2, 0.25) is 0 Å². The molecule has 4 heteroatoms. The summed E-state index contributed by atoms with van der Waals surface area (Å²) < 4.78 is 0. The average Bonchev–Trinajstić information content (AvgIpc) is 2.16. The van der Waals surface area contributed by atoms with E-state index in [1.807, 2.05) is 38.1 Å². The molecule has 2 N–H and O–H groups in total. The van der Waals surface area contributed by atoms with E-state index in [1.165, 1.54) is 0 Å². The highest BCUT2D eigenvalue weighted by atomic mass is 16.8. The van der Waals surface area contributed by atoms with Gasteiger partial charge in [0.05, 0.1) is 5.69 Å². The third-order valence-corrected chi connectivity index (χ3v) is 2.18. The van der Waals surface area contributed by atoms with Crippen molar-refractivity contribution in [2.75, 3.05) is 24.2 Å². The number of benzene rings is 1. The van der Waals surface area contributed by atoms with Crippen molar-refractivity contribution < 1.29 is 10.4 Å². The zero-order valence-electron chi connectivity index (χ0n) is 8.73. The first-order valence-corrected chi connectivity index (χ1v) is 4.54. The zero-order valence-corrected chi connectivity index (χ0v) is 8.73. The summed E-state index contributed by atoms with van der Waals surface area (Å²) in [6.45, 7) is 1.97. The van der Waals surface area contributed by atoms with Crippen LogP contribution in [0.15, 0.2) is 18.2 Å². The fourth-order valence-electron chi connectivity index (χ4n) is 1.32. The van der Waals surface area contributed by atoms with Crippen molar-refractivity contribution in [1.82, 2.24) is 0 Å². The minimum absolute atomic E-state index is 0.172. The molecule has 0 aliphatic rings. The highest BCUT2D eigenvalue weighted by Crippen LogP contribution is 2.24. The molecule has 0 atom stereocenters. The smallest absolute Gasteiger partial charge is 0.0995 e. The van der Waals surface area contributed by atoms with Gasteiger partial charge in [-0.3, -0.25) is 10.4 Å². The summed E-state index contributed by atoms with van der Waals surface area (Å²) in [7, 11) is 3.81. The van der Waals surface area contributed by atoms with Crippen molar-refractivity contribution in [3.05, 3.63) is 23.8 Å². The lowest BCUT2D eigenvalue weighted by Crippen LogP contribution is -2.15. The van der Waals surface area contributed by atoms with Gasteiger partial charge < -0.3 is 4.90 Å². The Labute approximate surface area is 83.9 Å². The van der Waals surface area contributed by atoms with Crippen LogP contribution in [0.5, 0.6) is 0 Å². The van der Waals surface area contributed by atoms with Crippen molar-refractivity contribution in [3.8, 4) is 0 Å². The Bertz CT molecular complexity index is 311. The summed E-state index contributed by atoms with van der Waals surface area (Å²) in [4.78, 5) is 1.91. The largest absolute Gasteiger partial charge is 0.378 e. The first-order valence-electron chi connectivity index (χ1n) is 4.54. The van der Waals surface area contributed by atoms with Gasteiger partial charge in [-0.15, -0.1) is 5.23 Å². The third kappa shape index (κ3) is 2.16. The molecule has 0 aliphatic heterocycles. The maximum atomic E-state index is 9.01. The molecule has 0 aromatic heterocycles. The molecule has 1 aromatic rings. The molecule has 0 aliphatic carbocycles. The van der Waals surface area contributed by atoms with Gasteiger partial charge in [0.15, 0.2) is 0 Å². The van der Waals surface area contributed by atoms with E-state index in [1.54, 1.807) is 6.07 Å². The lowest BCUT2D eigenvalue weighted by atomic mass is 10.1. The normalized spacial score (nSPS) is 10.1. The Kier molecular flexibility index (Phi) is 3.33. The van der Waals surface area contributed by atoms with Gasteiger partial charge in [0.25, 0.3) is 0 Å². The number of nitrogens with zero attached hydrogens (tertiary/aromatic N) is 2. The van der Waals surface area contributed by atoms with Crippen LogP contribution in [0.2, 0.25) is 0 Å². The maximum absolute atomic E-state index is 9.01. The molecule has 1 aromatic carbocycles. The van der Waals surface area contributed by atoms with Crippen LogP contribution in [0.4, 0.5) is 11.4 Å². The second-order valence-electron chi connectivity index (χ2n) is 3.35. The predicted octanol–water partition coefficient (Wildman–Crippen LogP) is 1.90. The number of hydrogen-bond donors (Lipinski definition) is 2. The van der Waals surface area contributed by atoms with E-state index in [0.29, 0.717) is 5.69 Å².